The van der Waals surface area contributed by atoms with Crippen LogP contribution in [0, 0.1) is 5.82 Å². The lowest BCUT2D eigenvalue weighted by molar-refractivity contribution is 0.0709. The second kappa shape index (κ2) is 7.71. The number of halogens is 3. The number of nitrogens with zero attached hydrogens (tertiary/aromatic N) is 1. The second-order valence-corrected chi connectivity index (χ2v) is 4.82. The Hall–Kier alpha value is -0.650. The molecule has 0 aliphatic carbocycles. The molecule has 1 amide bonds. The zero-order chi connectivity index (χ0) is 13.5. The molecule has 0 atom stereocenters. The molecule has 0 radical (unpaired) electrons. The average molecular weight is 339 g/mol. The molecule has 100 valence electrons. The summed E-state index contributed by atoms with van der Waals surface area (Å²) in [5.41, 5.74) is -0.0952. The Kier molecular flexibility index (Phi) is 6.60. The van der Waals surface area contributed by atoms with Crippen LogP contribution in [-0.4, -0.2) is 42.9 Å². The molecule has 0 aromatic heterocycles. The Bertz CT molecular complexity index is 397. The smallest absolute Gasteiger partial charge is 0.258 e. The van der Waals surface area contributed by atoms with Gasteiger partial charge in [0.15, 0.2) is 0 Å². The Morgan fingerprint density at radius 3 is 2.83 bits per heavy atom. The highest BCUT2D eigenvalue weighted by Gasteiger charge is 2.19. The molecule has 0 N–H and O–H groups in total. The molecule has 0 heterocycles. The van der Waals surface area contributed by atoms with Gasteiger partial charge >= 0.3 is 0 Å². The van der Waals surface area contributed by atoms with Crippen molar-refractivity contribution in [1.82, 2.24) is 4.90 Å². The molecule has 0 fully saturated rings. The minimum atomic E-state index is -0.610. The van der Waals surface area contributed by atoms with E-state index in [0.29, 0.717) is 19.8 Å². The van der Waals surface area contributed by atoms with E-state index in [1.165, 1.54) is 23.1 Å². The highest BCUT2D eigenvalue weighted by atomic mass is 79.9. The van der Waals surface area contributed by atoms with Crippen molar-refractivity contribution in [3.05, 3.63) is 34.6 Å². The maximum atomic E-state index is 13.5. The number of rotatable bonds is 6. The third kappa shape index (κ3) is 4.23. The molecular weight excluding hydrogens is 324 g/mol. The summed E-state index contributed by atoms with van der Waals surface area (Å²) in [4.78, 5) is 13.4. The topological polar surface area (TPSA) is 29.5 Å². The normalized spacial score (nSPS) is 10.4. The number of ether oxygens (including phenoxy) is 1. The van der Waals surface area contributed by atoms with Crippen LogP contribution in [0.15, 0.2) is 18.2 Å². The minimum Gasteiger partial charge on any atom is -0.379 e. The van der Waals surface area contributed by atoms with E-state index < -0.39 is 11.7 Å². The molecule has 0 unspecified atom stereocenters. The number of benzene rings is 1. The Balaban J connectivity index is 2.63. The highest BCUT2D eigenvalue weighted by Crippen LogP contribution is 2.20. The van der Waals surface area contributed by atoms with Crippen molar-refractivity contribution < 1.29 is 13.9 Å². The summed E-state index contributed by atoms with van der Waals surface area (Å²) in [5.74, 6) is -1.05. The molecule has 1 aromatic carbocycles. The van der Waals surface area contributed by atoms with Gasteiger partial charge in [0.25, 0.3) is 5.91 Å². The van der Waals surface area contributed by atoms with Crippen LogP contribution in [0.2, 0.25) is 5.02 Å². The SMILES string of the molecule is CN(CCOCCBr)C(=O)c1c(F)cccc1Cl. The van der Waals surface area contributed by atoms with Gasteiger partial charge in [-0.25, -0.2) is 4.39 Å². The first-order valence-corrected chi connectivity index (χ1v) is 6.91. The average Bonchev–Trinajstić information content (AvgIpc) is 2.34. The fourth-order valence-corrected chi connectivity index (χ4v) is 1.83. The molecule has 0 spiro atoms. The Labute approximate surface area is 119 Å². The summed E-state index contributed by atoms with van der Waals surface area (Å²) < 4.78 is 18.8. The molecule has 6 heteroatoms. The van der Waals surface area contributed by atoms with E-state index in [1.54, 1.807) is 7.05 Å². The van der Waals surface area contributed by atoms with Crippen LogP contribution in [0.3, 0.4) is 0 Å². The van der Waals surface area contributed by atoms with Gasteiger partial charge in [0.05, 0.1) is 23.8 Å². The highest BCUT2D eigenvalue weighted by molar-refractivity contribution is 9.09. The number of carbonyl (C=O) groups excluding carboxylic acids is 1. The van der Waals surface area contributed by atoms with Crippen LogP contribution >= 0.6 is 27.5 Å². The molecule has 0 bridgehead atoms. The van der Waals surface area contributed by atoms with E-state index in [2.05, 4.69) is 15.9 Å². The van der Waals surface area contributed by atoms with Crippen molar-refractivity contribution in [3.8, 4) is 0 Å². The standard InChI is InChI=1S/C12H14BrClFNO2/c1-16(6-8-18-7-5-13)12(17)11-9(14)3-2-4-10(11)15/h2-4H,5-8H2,1H3. The van der Waals surface area contributed by atoms with Crippen molar-refractivity contribution in [2.24, 2.45) is 0 Å². The molecule has 0 aliphatic heterocycles. The molecule has 0 saturated carbocycles. The van der Waals surface area contributed by atoms with Gasteiger partial charge in [0.1, 0.15) is 5.82 Å². The van der Waals surface area contributed by atoms with Crippen LogP contribution < -0.4 is 0 Å². The van der Waals surface area contributed by atoms with Crippen molar-refractivity contribution >= 4 is 33.4 Å². The number of hydrogen-bond acceptors (Lipinski definition) is 2. The molecule has 18 heavy (non-hydrogen) atoms. The van der Waals surface area contributed by atoms with E-state index in [-0.39, 0.29) is 10.6 Å². The van der Waals surface area contributed by atoms with Gasteiger partial charge in [-0.1, -0.05) is 33.6 Å². The van der Waals surface area contributed by atoms with Gasteiger partial charge in [-0.2, -0.15) is 0 Å². The number of hydrogen-bond donors (Lipinski definition) is 0. The van der Waals surface area contributed by atoms with Crippen LogP contribution in [0.25, 0.3) is 0 Å². The zero-order valence-corrected chi connectivity index (χ0v) is 12.3. The van der Waals surface area contributed by atoms with Crippen LogP contribution in [0.1, 0.15) is 10.4 Å². The van der Waals surface area contributed by atoms with E-state index >= 15 is 0 Å². The third-order valence-electron chi connectivity index (χ3n) is 2.32. The molecular formula is C12H14BrClFNO2. The summed E-state index contributed by atoms with van der Waals surface area (Å²) >= 11 is 9.06. The second-order valence-electron chi connectivity index (χ2n) is 3.62. The number of likely N-dealkylation sites (N-methyl/N-ethyl adjacent to an activating group) is 1. The molecule has 0 saturated heterocycles. The lowest BCUT2D eigenvalue weighted by Gasteiger charge is -2.18. The van der Waals surface area contributed by atoms with Gasteiger partial charge in [-0.3, -0.25) is 4.79 Å². The Morgan fingerprint density at radius 1 is 1.50 bits per heavy atom. The zero-order valence-electron chi connectivity index (χ0n) is 9.96. The van der Waals surface area contributed by atoms with E-state index in [9.17, 15) is 9.18 Å². The fraction of sp³-hybridized carbons (Fsp3) is 0.417. The maximum absolute atomic E-state index is 13.5. The lowest BCUT2D eigenvalue weighted by atomic mass is 10.2. The van der Waals surface area contributed by atoms with Crippen LogP contribution in [-0.2, 0) is 4.74 Å². The summed E-state index contributed by atoms with van der Waals surface area (Å²) in [6.07, 6.45) is 0. The predicted molar refractivity (Wildman–Crippen MR) is 73.0 cm³/mol. The van der Waals surface area contributed by atoms with Gasteiger partial charge in [-0.15, -0.1) is 0 Å². The van der Waals surface area contributed by atoms with Crippen molar-refractivity contribution in [2.75, 3.05) is 32.1 Å². The molecule has 3 nitrogen and oxygen atoms in total. The molecule has 1 rings (SSSR count). The summed E-state index contributed by atoms with van der Waals surface area (Å²) in [5, 5.41) is 0.859. The van der Waals surface area contributed by atoms with Gasteiger partial charge in [0.2, 0.25) is 0 Å². The number of amides is 1. The van der Waals surface area contributed by atoms with Gasteiger partial charge in [-0.05, 0) is 12.1 Å². The lowest BCUT2D eigenvalue weighted by Crippen LogP contribution is -2.31. The predicted octanol–water partition coefficient (Wildman–Crippen LogP) is 2.96. The first-order valence-electron chi connectivity index (χ1n) is 5.41. The monoisotopic (exact) mass is 337 g/mol. The van der Waals surface area contributed by atoms with Crippen LogP contribution in [0.4, 0.5) is 4.39 Å². The number of alkyl halides is 1. The van der Waals surface area contributed by atoms with Crippen molar-refractivity contribution in [3.63, 3.8) is 0 Å². The van der Waals surface area contributed by atoms with E-state index in [4.69, 9.17) is 16.3 Å². The van der Waals surface area contributed by atoms with E-state index in [1.807, 2.05) is 0 Å². The van der Waals surface area contributed by atoms with E-state index in [0.717, 1.165) is 5.33 Å². The quantitative estimate of drug-likeness (QED) is 0.589. The van der Waals surface area contributed by atoms with Crippen LogP contribution in [0.5, 0.6) is 0 Å². The summed E-state index contributed by atoms with van der Waals surface area (Å²) in [6, 6.07) is 4.18. The molecule has 0 aliphatic rings. The first kappa shape index (κ1) is 15.4. The molecule has 1 aromatic rings. The first-order chi connectivity index (χ1) is 8.57. The fourth-order valence-electron chi connectivity index (χ4n) is 1.35. The maximum Gasteiger partial charge on any atom is 0.258 e. The Morgan fingerprint density at radius 2 is 2.22 bits per heavy atom. The summed E-state index contributed by atoms with van der Waals surface area (Å²) in [6.45, 7) is 1.36. The largest absolute Gasteiger partial charge is 0.379 e. The minimum absolute atomic E-state index is 0.0952. The van der Waals surface area contributed by atoms with Crippen molar-refractivity contribution in [2.45, 2.75) is 0 Å². The third-order valence-corrected chi connectivity index (χ3v) is 2.95. The van der Waals surface area contributed by atoms with Crippen molar-refractivity contribution in [1.29, 1.82) is 0 Å². The number of carbonyl (C=O) groups is 1. The summed E-state index contributed by atoms with van der Waals surface area (Å²) in [7, 11) is 1.59. The van der Waals surface area contributed by atoms with Gasteiger partial charge < -0.3 is 9.64 Å². The van der Waals surface area contributed by atoms with Gasteiger partial charge in [0, 0.05) is 18.9 Å².